The lowest BCUT2D eigenvalue weighted by Crippen LogP contribution is -2.13. The van der Waals surface area contributed by atoms with Crippen LogP contribution in [0.1, 0.15) is 30.0 Å². The summed E-state index contributed by atoms with van der Waals surface area (Å²) in [6.07, 6.45) is 2.42. The lowest BCUT2D eigenvalue weighted by atomic mass is 9.87. The van der Waals surface area contributed by atoms with E-state index in [1.165, 1.54) is 4.57 Å². The third-order valence-electron chi connectivity index (χ3n) is 4.22. The lowest BCUT2D eigenvalue weighted by molar-refractivity contribution is 0.363. The van der Waals surface area contributed by atoms with Crippen LogP contribution in [0.4, 0.5) is 5.69 Å². The number of aromatic hydroxyl groups is 2. The number of anilines is 1. The van der Waals surface area contributed by atoms with E-state index in [2.05, 4.69) is 6.58 Å². The van der Waals surface area contributed by atoms with Gasteiger partial charge in [0.25, 0.3) is 0 Å². The Kier molecular flexibility index (Phi) is 2.57. The first-order valence-corrected chi connectivity index (χ1v) is 6.70. The molecule has 2 aromatic rings. The second-order valence-corrected chi connectivity index (χ2v) is 5.18. The van der Waals surface area contributed by atoms with Gasteiger partial charge >= 0.3 is 0 Å². The fraction of sp³-hybridized carbons (Fsp3) is 0.250. The smallest absolute Gasteiger partial charge is 0.199 e. The van der Waals surface area contributed by atoms with Crippen LogP contribution in [-0.2, 0) is 12.0 Å². The molecule has 0 spiro atoms. The standard InChI is InChI=1S/C16H18N2O2/c1-3-8-18-14(19)12-13(15(18)20)16(12,4-2)10-6-5-7-11(17)9-10/h3,5-7,9,19-20H,1,4,8,17H2,2H3. The Bertz CT molecular complexity index is 673. The molecule has 0 aliphatic heterocycles. The molecular formula is C16H18N2O2. The summed E-state index contributed by atoms with van der Waals surface area (Å²) in [5, 5.41) is 20.6. The zero-order chi connectivity index (χ0) is 14.5. The molecule has 0 unspecified atom stereocenters. The van der Waals surface area contributed by atoms with Crippen LogP contribution in [0.3, 0.4) is 0 Å². The molecule has 1 aromatic heterocycles. The minimum Gasteiger partial charge on any atom is -0.494 e. The molecule has 0 amide bonds. The van der Waals surface area contributed by atoms with Gasteiger partial charge in [-0.25, -0.2) is 0 Å². The Morgan fingerprint density at radius 3 is 2.45 bits per heavy atom. The van der Waals surface area contributed by atoms with Crippen LogP contribution < -0.4 is 5.73 Å². The van der Waals surface area contributed by atoms with Crippen molar-refractivity contribution in [1.82, 2.24) is 4.57 Å². The average molecular weight is 270 g/mol. The molecule has 0 bridgehead atoms. The normalized spacial score (nSPS) is 14.8. The van der Waals surface area contributed by atoms with Gasteiger partial charge in [-0.1, -0.05) is 25.1 Å². The number of nitrogens with two attached hydrogens (primary N) is 1. The Hall–Kier alpha value is -2.36. The minimum atomic E-state index is -0.388. The van der Waals surface area contributed by atoms with E-state index in [9.17, 15) is 10.2 Å². The molecule has 0 fully saturated rings. The first kappa shape index (κ1) is 12.7. The van der Waals surface area contributed by atoms with E-state index in [0.717, 1.165) is 23.1 Å². The molecule has 104 valence electrons. The van der Waals surface area contributed by atoms with E-state index in [4.69, 9.17) is 5.73 Å². The topological polar surface area (TPSA) is 71.4 Å². The van der Waals surface area contributed by atoms with Gasteiger partial charge in [0.1, 0.15) is 0 Å². The molecule has 20 heavy (non-hydrogen) atoms. The number of nitrogen functional groups attached to an aromatic ring is 1. The van der Waals surface area contributed by atoms with Gasteiger partial charge in [0.05, 0.1) is 5.41 Å². The summed E-state index contributed by atoms with van der Waals surface area (Å²) in [5.41, 5.74) is 8.78. The highest BCUT2D eigenvalue weighted by Crippen LogP contribution is 2.65. The highest BCUT2D eigenvalue weighted by atomic mass is 16.3. The summed E-state index contributed by atoms with van der Waals surface area (Å²) in [4.78, 5) is 0. The fourth-order valence-electron chi connectivity index (χ4n) is 3.25. The predicted octanol–water partition coefficient (Wildman–Crippen LogP) is 2.73. The average Bonchev–Trinajstić information content (AvgIpc) is 3.06. The van der Waals surface area contributed by atoms with E-state index >= 15 is 0 Å². The molecule has 0 saturated carbocycles. The van der Waals surface area contributed by atoms with E-state index in [-0.39, 0.29) is 17.2 Å². The summed E-state index contributed by atoms with van der Waals surface area (Å²) >= 11 is 0. The van der Waals surface area contributed by atoms with Crippen LogP contribution in [0, 0.1) is 0 Å². The van der Waals surface area contributed by atoms with Crippen molar-refractivity contribution in [2.24, 2.45) is 0 Å². The van der Waals surface area contributed by atoms with Crippen LogP contribution in [0.15, 0.2) is 36.9 Å². The molecule has 0 radical (unpaired) electrons. The Labute approximate surface area is 117 Å². The summed E-state index contributed by atoms with van der Waals surface area (Å²) in [6, 6.07) is 7.61. The molecular weight excluding hydrogens is 252 g/mol. The van der Waals surface area contributed by atoms with Crippen molar-refractivity contribution in [3.8, 4) is 11.8 Å². The molecule has 4 N–H and O–H groups in total. The number of allylic oxidation sites excluding steroid dienone is 1. The van der Waals surface area contributed by atoms with Gasteiger partial charge in [0.2, 0.25) is 0 Å². The molecule has 1 aliphatic carbocycles. The van der Waals surface area contributed by atoms with E-state index in [0.29, 0.717) is 12.2 Å². The maximum absolute atomic E-state index is 10.3. The highest BCUT2D eigenvalue weighted by Gasteiger charge is 2.58. The second-order valence-electron chi connectivity index (χ2n) is 5.18. The number of rotatable bonds is 4. The lowest BCUT2D eigenvalue weighted by Gasteiger charge is -2.19. The van der Waals surface area contributed by atoms with Crippen molar-refractivity contribution in [1.29, 1.82) is 0 Å². The first-order valence-electron chi connectivity index (χ1n) is 6.70. The Morgan fingerprint density at radius 1 is 1.30 bits per heavy atom. The van der Waals surface area contributed by atoms with Crippen molar-refractivity contribution in [2.75, 3.05) is 5.73 Å². The first-order chi connectivity index (χ1) is 9.57. The zero-order valence-corrected chi connectivity index (χ0v) is 11.4. The van der Waals surface area contributed by atoms with Gasteiger partial charge in [0.15, 0.2) is 11.8 Å². The van der Waals surface area contributed by atoms with Gasteiger partial charge in [-0.3, -0.25) is 4.57 Å². The monoisotopic (exact) mass is 270 g/mol. The van der Waals surface area contributed by atoms with Crippen molar-refractivity contribution in [2.45, 2.75) is 25.3 Å². The third-order valence-corrected chi connectivity index (χ3v) is 4.22. The Balaban J connectivity index is 2.14. The number of nitrogens with zero attached hydrogens (tertiary/aromatic N) is 1. The van der Waals surface area contributed by atoms with E-state index in [1.807, 2.05) is 31.2 Å². The molecule has 1 aliphatic rings. The third kappa shape index (κ3) is 1.36. The second kappa shape index (κ2) is 4.07. The van der Waals surface area contributed by atoms with Gasteiger partial charge < -0.3 is 15.9 Å². The molecule has 1 aromatic carbocycles. The molecule has 4 nitrogen and oxygen atoms in total. The molecule has 4 heteroatoms. The predicted molar refractivity (Wildman–Crippen MR) is 79.0 cm³/mol. The number of aromatic nitrogens is 1. The summed E-state index contributed by atoms with van der Waals surface area (Å²) in [7, 11) is 0. The highest BCUT2D eigenvalue weighted by molar-refractivity contribution is 5.77. The van der Waals surface area contributed by atoms with Crippen molar-refractivity contribution in [3.63, 3.8) is 0 Å². The van der Waals surface area contributed by atoms with Crippen LogP contribution >= 0.6 is 0 Å². The van der Waals surface area contributed by atoms with Crippen LogP contribution in [0.5, 0.6) is 11.8 Å². The van der Waals surface area contributed by atoms with E-state index in [1.54, 1.807) is 6.08 Å². The maximum Gasteiger partial charge on any atom is 0.199 e. The van der Waals surface area contributed by atoms with Gasteiger partial charge in [-0.2, -0.15) is 0 Å². The van der Waals surface area contributed by atoms with Gasteiger partial charge in [-0.15, -0.1) is 6.58 Å². The summed E-state index contributed by atoms with van der Waals surface area (Å²) < 4.78 is 1.47. The Morgan fingerprint density at radius 2 is 1.95 bits per heavy atom. The van der Waals surface area contributed by atoms with Gasteiger partial charge in [-0.05, 0) is 24.1 Å². The van der Waals surface area contributed by atoms with Crippen LogP contribution in [-0.4, -0.2) is 14.8 Å². The quantitative estimate of drug-likeness (QED) is 0.591. The summed E-state index contributed by atoms with van der Waals surface area (Å²) in [5.74, 6) is 0.253. The van der Waals surface area contributed by atoms with Crippen molar-refractivity contribution < 1.29 is 10.2 Å². The van der Waals surface area contributed by atoms with Crippen LogP contribution in [0.25, 0.3) is 0 Å². The number of benzene rings is 1. The van der Waals surface area contributed by atoms with Crippen molar-refractivity contribution >= 4 is 5.69 Å². The van der Waals surface area contributed by atoms with Gasteiger partial charge in [0, 0.05) is 23.4 Å². The number of hydrogen-bond acceptors (Lipinski definition) is 3. The SMILES string of the molecule is C=CCn1c(O)c2c(c1O)C2(CC)c1cccc(N)c1. The summed E-state index contributed by atoms with van der Waals surface area (Å²) in [6.45, 7) is 6.07. The zero-order valence-electron chi connectivity index (χ0n) is 11.4. The number of hydrogen-bond donors (Lipinski definition) is 3. The molecule has 3 rings (SSSR count). The van der Waals surface area contributed by atoms with Crippen LogP contribution in [0.2, 0.25) is 0 Å². The fourth-order valence-corrected chi connectivity index (χ4v) is 3.25. The molecule has 0 saturated heterocycles. The molecule has 1 heterocycles. The van der Waals surface area contributed by atoms with E-state index < -0.39 is 0 Å². The molecule has 0 atom stereocenters. The maximum atomic E-state index is 10.3. The minimum absolute atomic E-state index is 0.127. The number of fused-ring (bicyclic) bond motifs is 1. The largest absolute Gasteiger partial charge is 0.494 e. The van der Waals surface area contributed by atoms with Crippen molar-refractivity contribution in [3.05, 3.63) is 53.6 Å².